The van der Waals surface area contributed by atoms with Crippen molar-refractivity contribution in [3.63, 3.8) is 0 Å². The Bertz CT molecular complexity index is 841. The molecule has 130 valence electrons. The normalized spacial score (nSPS) is 13.2. The van der Waals surface area contributed by atoms with Crippen molar-refractivity contribution >= 4 is 33.0 Å². The average molecular weight is 420 g/mol. The molecule has 5 nitrogen and oxygen atoms in total. The van der Waals surface area contributed by atoms with Crippen molar-refractivity contribution in [2.24, 2.45) is 4.40 Å². The van der Waals surface area contributed by atoms with Crippen molar-refractivity contribution in [3.8, 4) is 11.8 Å². The van der Waals surface area contributed by atoms with Gasteiger partial charge in [-0.05, 0) is 67.0 Å². The molecule has 0 aliphatic heterocycles. The van der Waals surface area contributed by atoms with E-state index in [1.165, 1.54) is 0 Å². The Balaban J connectivity index is 2.67. The van der Waals surface area contributed by atoms with Crippen molar-refractivity contribution < 1.29 is 9.29 Å². The molecule has 7 heteroatoms. The largest absolute Gasteiger partial charge is 0.591 e. The lowest BCUT2D eigenvalue weighted by molar-refractivity contribution is 0.412. The fraction of sp³-hybridized carbons (Fsp3) is 0.278. The standard InChI is InChI=1S/C18H18BrN3O2S/c1-18(2,3)25(23)22-17(13-6-5-9-21-15(13)11-20)12-7-8-16(24-4)14(19)10-12/h5-10H,1-4H3. The van der Waals surface area contributed by atoms with E-state index in [4.69, 9.17) is 4.74 Å². The molecule has 1 aromatic carbocycles. The first-order chi connectivity index (χ1) is 11.8. The van der Waals surface area contributed by atoms with Gasteiger partial charge in [-0.2, -0.15) is 5.26 Å². The predicted molar refractivity (Wildman–Crippen MR) is 103 cm³/mol. The molecule has 0 fully saturated rings. The van der Waals surface area contributed by atoms with Gasteiger partial charge in [0.05, 0.1) is 11.6 Å². The summed E-state index contributed by atoms with van der Waals surface area (Å²) in [6.45, 7) is 5.55. The van der Waals surface area contributed by atoms with Crippen LogP contribution in [-0.4, -0.2) is 27.1 Å². The van der Waals surface area contributed by atoms with E-state index in [9.17, 15) is 9.81 Å². The summed E-state index contributed by atoms with van der Waals surface area (Å²) in [7, 11) is 1.58. The predicted octanol–water partition coefficient (Wildman–Crippen LogP) is 4.02. The summed E-state index contributed by atoms with van der Waals surface area (Å²) >= 11 is 1.96. The van der Waals surface area contributed by atoms with E-state index >= 15 is 0 Å². The van der Waals surface area contributed by atoms with Gasteiger partial charge in [0.2, 0.25) is 0 Å². The van der Waals surface area contributed by atoms with Crippen LogP contribution < -0.4 is 4.74 Å². The zero-order chi connectivity index (χ0) is 18.6. The number of rotatable bonds is 4. The van der Waals surface area contributed by atoms with Crippen molar-refractivity contribution in [1.29, 1.82) is 5.26 Å². The van der Waals surface area contributed by atoms with Crippen LogP contribution in [-0.2, 0) is 11.4 Å². The molecular weight excluding hydrogens is 402 g/mol. The summed E-state index contributed by atoms with van der Waals surface area (Å²) in [5.74, 6) is 0.673. The van der Waals surface area contributed by atoms with Crippen molar-refractivity contribution in [2.45, 2.75) is 25.5 Å². The molecule has 0 saturated heterocycles. The number of hydrogen-bond donors (Lipinski definition) is 0. The Hall–Kier alpha value is -1.88. The van der Waals surface area contributed by atoms with Crippen molar-refractivity contribution in [3.05, 3.63) is 57.8 Å². The molecule has 0 bridgehead atoms. The van der Waals surface area contributed by atoms with Crippen LogP contribution in [0.2, 0.25) is 0 Å². The Morgan fingerprint density at radius 3 is 2.64 bits per heavy atom. The van der Waals surface area contributed by atoms with Crippen molar-refractivity contribution in [1.82, 2.24) is 4.98 Å². The molecule has 1 aromatic heterocycles. The molecule has 0 aliphatic carbocycles. The number of aromatic nitrogens is 1. The van der Waals surface area contributed by atoms with E-state index in [0.717, 1.165) is 10.0 Å². The first-order valence-electron chi connectivity index (χ1n) is 7.48. The van der Waals surface area contributed by atoms with Crippen LogP contribution in [0.25, 0.3) is 0 Å². The van der Waals surface area contributed by atoms with E-state index in [2.05, 4.69) is 31.4 Å². The third-order valence-corrected chi connectivity index (χ3v) is 5.31. The molecule has 0 saturated carbocycles. The first kappa shape index (κ1) is 19.4. The van der Waals surface area contributed by atoms with Gasteiger partial charge in [0.25, 0.3) is 0 Å². The van der Waals surface area contributed by atoms with Crippen LogP contribution >= 0.6 is 15.9 Å². The molecule has 2 rings (SSSR count). The van der Waals surface area contributed by atoms with Crippen LogP contribution in [0.15, 0.2) is 45.4 Å². The number of benzene rings is 1. The Morgan fingerprint density at radius 1 is 1.36 bits per heavy atom. The van der Waals surface area contributed by atoms with Gasteiger partial charge in [-0.25, -0.2) is 4.98 Å². The highest BCUT2D eigenvalue weighted by atomic mass is 79.9. The number of halogens is 1. The maximum atomic E-state index is 12.6. The van der Waals surface area contributed by atoms with Crippen LogP contribution in [0.1, 0.15) is 37.6 Å². The highest BCUT2D eigenvalue weighted by Gasteiger charge is 2.28. The molecule has 0 radical (unpaired) electrons. The minimum absolute atomic E-state index is 0.235. The smallest absolute Gasteiger partial charge is 0.150 e. The number of pyridine rings is 1. The molecule has 1 unspecified atom stereocenters. The van der Waals surface area contributed by atoms with E-state index in [1.807, 2.05) is 32.9 Å². The van der Waals surface area contributed by atoms with E-state index < -0.39 is 16.1 Å². The number of nitriles is 1. The Kier molecular flexibility index (Phi) is 6.22. The average Bonchev–Trinajstić information content (AvgIpc) is 2.58. The summed E-state index contributed by atoms with van der Waals surface area (Å²) in [6.07, 6.45) is 1.55. The summed E-state index contributed by atoms with van der Waals surface area (Å²) in [6, 6.07) is 11.0. The molecular formula is C18H18BrN3O2S. The fourth-order valence-corrected chi connectivity index (χ4v) is 3.16. The van der Waals surface area contributed by atoms with Gasteiger partial charge < -0.3 is 9.29 Å². The van der Waals surface area contributed by atoms with Gasteiger partial charge in [0.15, 0.2) is 0 Å². The summed E-state index contributed by atoms with van der Waals surface area (Å²) in [4.78, 5) is 4.09. The topological polar surface area (TPSA) is 81.3 Å². The second-order valence-electron chi connectivity index (χ2n) is 6.16. The summed E-state index contributed by atoms with van der Waals surface area (Å²) in [5.41, 5.74) is 1.95. The maximum absolute atomic E-state index is 12.6. The molecule has 0 spiro atoms. The van der Waals surface area contributed by atoms with E-state index in [1.54, 1.807) is 31.5 Å². The van der Waals surface area contributed by atoms with Gasteiger partial charge in [-0.15, -0.1) is 0 Å². The quantitative estimate of drug-likeness (QED) is 0.553. The maximum Gasteiger partial charge on any atom is 0.150 e. The highest BCUT2D eigenvalue weighted by Crippen LogP contribution is 2.28. The van der Waals surface area contributed by atoms with E-state index in [0.29, 0.717) is 17.0 Å². The number of methoxy groups -OCH3 is 1. The first-order valence-corrected chi connectivity index (χ1v) is 9.38. The number of hydrogen-bond acceptors (Lipinski definition) is 5. The minimum Gasteiger partial charge on any atom is -0.591 e. The molecule has 0 N–H and O–H groups in total. The molecule has 0 amide bonds. The number of nitrogens with zero attached hydrogens (tertiary/aromatic N) is 3. The second kappa shape index (κ2) is 8.00. The van der Waals surface area contributed by atoms with Gasteiger partial charge in [-0.1, -0.05) is 4.40 Å². The zero-order valence-corrected chi connectivity index (χ0v) is 16.8. The minimum atomic E-state index is -1.49. The highest BCUT2D eigenvalue weighted by molar-refractivity contribution is 9.10. The van der Waals surface area contributed by atoms with Crippen LogP contribution in [0, 0.1) is 11.3 Å². The molecule has 0 aliphatic rings. The lowest BCUT2D eigenvalue weighted by Gasteiger charge is -2.20. The number of ether oxygens (including phenoxy) is 1. The molecule has 1 heterocycles. The monoisotopic (exact) mass is 419 g/mol. The SMILES string of the molecule is COc1ccc(C(=N[S+]([O-])C(C)(C)C)c2cccnc2C#N)cc1Br. The van der Waals surface area contributed by atoms with Crippen LogP contribution in [0.5, 0.6) is 5.75 Å². The van der Waals surface area contributed by atoms with Gasteiger partial charge in [0, 0.05) is 17.3 Å². The fourth-order valence-electron chi connectivity index (χ4n) is 1.98. The zero-order valence-electron chi connectivity index (χ0n) is 14.4. The molecule has 25 heavy (non-hydrogen) atoms. The van der Waals surface area contributed by atoms with Gasteiger partial charge >= 0.3 is 0 Å². The van der Waals surface area contributed by atoms with Crippen molar-refractivity contribution in [2.75, 3.05) is 7.11 Å². The van der Waals surface area contributed by atoms with Crippen LogP contribution in [0.3, 0.4) is 0 Å². The second-order valence-corrected chi connectivity index (χ2v) is 8.92. The van der Waals surface area contributed by atoms with Crippen LogP contribution in [0.4, 0.5) is 0 Å². The van der Waals surface area contributed by atoms with Gasteiger partial charge in [0.1, 0.15) is 39.3 Å². The summed E-state index contributed by atoms with van der Waals surface area (Å²) < 4.78 is 22.5. The van der Waals surface area contributed by atoms with Gasteiger partial charge in [-0.3, -0.25) is 0 Å². The Labute approximate surface area is 159 Å². The Morgan fingerprint density at radius 2 is 2.08 bits per heavy atom. The lowest BCUT2D eigenvalue weighted by Crippen LogP contribution is -2.27. The third-order valence-electron chi connectivity index (χ3n) is 3.29. The molecule has 2 aromatic rings. The summed E-state index contributed by atoms with van der Waals surface area (Å²) in [5, 5.41) is 9.37. The molecule has 1 atom stereocenters. The van der Waals surface area contributed by atoms with E-state index in [-0.39, 0.29) is 5.69 Å². The lowest BCUT2D eigenvalue weighted by atomic mass is 10.0. The third kappa shape index (κ3) is 4.60.